The second kappa shape index (κ2) is 8.20. The summed E-state index contributed by atoms with van der Waals surface area (Å²) in [5.41, 5.74) is 3.16. The molecule has 0 aliphatic carbocycles. The van der Waals surface area contributed by atoms with E-state index in [1.54, 1.807) is 32.4 Å². The number of para-hydroxylation sites is 1. The van der Waals surface area contributed by atoms with E-state index in [0.29, 0.717) is 41.6 Å². The summed E-state index contributed by atoms with van der Waals surface area (Å²) in [4.78, 5) is 15.3. The van der Waals surface area contributed by atoms with Crippen LogP contribution in [0, 0.1) is 0 Å². The van der Waals surface area contributed by atoms with Crippen molar-refractivity contribution in [2.75, 3.05) is 27.4 Å². The maximum atomic E-state index is 13.5. The molecule has 0 saturated carbocycles. The molecule has 1 aromatic heterocycles. The summed E-state index contributed by atoms with van der Waals surface area (Å²) in [5.74, 6) is 1.16. The van der Waals surface area contributed by atoms with Gasteiger partial charge in [-0.1, -0.05) is 18.2 Å². The van der Waals surface area contributed by atoms with E-state index in [4.69, 9.17) is 14.2 Å². The predicted molar refractivity (Wildman–Crippen MR) is 117 cm³/mol. The molecule has 1 amide bonds. The number of rotatable bonds is 6. The Hall–Kier alpha value is -3.52. The second-order valence-corrected chi connectivity index (χ2v) is 7.99. The van der Waals surface area contributed by atoms with Crippen LogP contribution in [0.25, 0.3) is 11.3 Å². The van der Waals surface area contributed by atoms with Gasteiger partial charge in [-0.25, -0.2) is 0 Å². The van der Waals surface area contributed by atoms with Gasteiger partial charge in [0.25, 0.3) is 5.91 Å². The molecule has 2 N–H and O–H groups in total. The van der Waals surface area contributed by atoms with Crippen molar-refractivity contribution in [2.24, 2.45) is 0 Å². The number of H-pyrrole nitrogens is 1. The lowest BCUT2D eigenvalue weighted by molar-refractivity contribution is 0.0495. The third-order valence-electron chi connectivity index (χ3n) is 6.17. The number of amides is 1. The van der Waals surface area contributed by atoms with Crippen LogP contribution in [0.1, 0.15) is 40.5 Å². The van der Waals surface area contributed by atoms with Gasteiger partial charge in [0.05, 0.1) is 26.4 Å². The lowest BCUT2D eigenvalue weighted by atomic mass is 9.95. The van der Waals surface area contributed by atoms with E-state index in [9.17, 15) is 9.90 Å². The largest absolute Gasteiger partial charge is 0.507 e. The number of carbonyl (C=O) groups is 1. The van der Waals surface area contributed by atoms with E-state index in [1.807, 2.05) is 29.2 Å². The summed E-state index contributed by atoms with van der Waals surface area (Å²) in [6.45, 7) is 1.18. The van der Waals surface area contributed by atoms with Crippen LogP contribution in [0.15, 0.2) is 42.5 Å². The minimum Gasteiger partial charge on any atom is -0.507 e. The molecule has 1 fully saturated rings. The first-order chi connectivity index (χ1) is 15.6. The number of hydrogen-bond acceptors (Lipinski definition) is 6. The van der Waals surface area contributed by atoms with Crippen molar-refractivity contribution in [1.29, 1.82) is 0 Å². The molecule has 2 atom stereocenters. The van der Waals surface area contributed by atoms with E-state index in [0.717, 1.165) is 24.0 Å². The molecule has 8 nitrogen and oxygen atoms in total. The molecule has 32 heavy (non-hydrogen) atoms. The van der Waals surface area contributed by atoms with Crippen molar-refractivity contribution in [3.8, 4) is 28.5 Å². The summed E-state index contributed by atoms with van der Waals surface area (Å²) < 4.78 is 16.7. The first-order valence-electron chi connectivity index (χ1n) is 10.6. The van der Waals surface area contributed by atoms with Gasteiger partial charge in [0.15, 0.2) is 11.5 Å². The zero-order valence-corrected chi connectivity index (χ0v) is 18.0. The van der Waals surface area contributed by atoms with E-state index in [2.05, 4.69) is 10.2 Å². The molecule has 2 aliphatic rings. The Morgan fingerprint density at radius 1 is 1.19 bits per heavy atom. The molecule has 5 rings (SSSR count). The molecule has 0 radical (unpaired) electrons. The lowest BCUT2D eigenvalue weighted by Crippen LogP contribution is -2.36. The van der Waals surface area contributed by atoms with Crippen LogP contribution >= 0.6 is 0 Å². The summed E-state index contributed by atoms with van der Waals surface area (Å²) in [5, 5.41) is 17.8. The lowest BCUT2D eigenvalue weighted by Gasteiger charge is -2.29. The Kier molecular flexibility index (Phi) is 5.22. The fourth-order valence-corrected chi connectivity index (χ4v) is 4.64. The van der Waals surface area contributed by atoms with Crippen LogP contribution in [-0.4, -0.2) is 59.6 Å². The summed E-state index contributed by atoms with van der Waals surface area (Å²) in [6, 6.07) is 12.2. The fraction of sp³-hybridized carbons (Fsp3) is 0.333. The van der Waals surface area contributed by atoms with Gasteiger partial charge in [-0.2, -0.15) is 5.10 Å². The number of carbonyl (C=O) groups excluding carboxylic acids is 1. The molecular formula is C24H25N3O5. The average molecular weight is 435 g/mol. The zero-order chi connectivity index (χ0) is 22.2. The van der Waals surface area contributed by atoms with Crippen molar-refractivity contribution < 1.29 is 24.1 Å². The van der Waals surface area contributed by atoms with E-state index in [-0.39, 0.29) is 17.8 Å². The highest BCUT2D eigenvalue weighted by atomic mass is 16.5. The van der Waals surface area contributed by atoms with Crippen molar-refractivity contribution in [1.82, 2.24) is 15.1 Å². The second-order valence-electron chi connectivity index (χ2n) is 7.99. The molecule has 2 aromatic carbocycles. The highest BCUT2D eigenvalue weighted by Crippen LogP contribution is 2.46. The first-order valence-corrected chi connectivity index (χ1v) is 10.6. The normalized spacial score (nSPS) is 19.9. The van der Waals surface area contributed by atoms with Gasteiger partial charge in [0, 0.05) is 24.3 Å². The molecule has 0 bridgehead atoms. The Morgan fingerprint density at radius 2 is 2.00 bits per heavy atom. The van der Waals surface area contributed by atoms with Crippen LogP contribution in [0.4, 0.5) is 0 Å². The highest BCUT2D eigenvalue weighted by molar-refractivity contribution is 6.00. The Bertz CT molecular complexity index is 1150. The molecule has 166 valence electrons. The van der Waals surface area contributed by atoms with Gasteiger partial charge in [-0.05, 0) is 42.7 Å². The molecule has 0 unspecified atom stereocenters. The molecule has 0 spiro atoms. The highest BCUT2D eigenvalue weighted by Gasteiger charge is 2.43. The van der Waals surface area contributed by atoms with Crippen LogP contribution < -0.4 is 9.47 Å². The number of phenolic OH excluding ortho intramolecular Hbond substituents is 1. The molecule has 1 saturated heterocycles. The third kappa shape index (κ3) is 3.27. The van der Waals surface area contributed by atoms with Gasteiger partial charge in [0.1, 0.15) is 17.1 Å². The number of nitrogens with zero attached hydrogens (tertiary/aromatic N) is 2. The molecule has 3 aromatic rings. The standard InChI is InChI=1S/C24H25N3O5/c1-30-18-10-9-14(12-19(18)31-2)23-20-21(16-7-3-4-8-17(16)28)25-26-22(20)24(29)27(23)13-15-6-5-11-32-15/h3-4,7-10,12,15,23,28H,5-6,11,13H2,1-2H3,(H,25,26)/t15-,23+/m1/s1. The number of nitrogens with one attached hydrogen (secondary N) is 1. The first kappa shape index (κ1) is 20.4. The fourth-order valence-electron chi connectivity index (χ4n) is 4.64. The molecule has 2 aliphatic heterocycles. The van der Waals surface area contributed by atoms with Crippen LogP contribution in [0.3, 0.4) is 0 Å². The number of methoxy groups -OCH3 is 2. The maximum absolute atomic E-state index is 13.5. The minimum absolute atomic E-state index is 0.00728. The van der Waals surface area contributed by atoms with Gasteiger partial charge < -0.3 is 24.2 Å². The maximum Gasteiger partial charge on any atom is 0.273 e. The number of benzene rings is 2. The SMILES string of the molecule is COc1ccc([C@H]2c3c(-c4ccccc4O)n[nH]c3C(=O)N2C[C@H]2CCCO2)cc1OC. The van der Waals surface area contributed by atoms with Crippen LogP contribution in [-0.2, 0) is 4.74 Å². The number of hydrogen-bond donors (Lipinski definition) is 2. The molecule has 3 heterocycles. The van der Waals surface area contributed by atoms with Gasteiger partial charge >= 0.3 is 0 Å². The number of phenols is 1. The van der Waals surface area contributed by atoms with Gasteiger partial charge in [-0.15, -0.1) is 0 Å². The van der Waals surface area contributed by atoms with Gasteiger partial charge in [-0.3, -0.25) is 9.89 Å². The Labute approximate surface area is 185 Å². The summed E-state index contributed by atoms with van der Waals surface area (Å²) in [6.07, 6.45) is 1.90. The summed E-state index contributed by atoms with van der Waals surface area (Å²) >= 11 is 0. The number of aromatic hydroxyl groups is 1. The number of aromatic nitrogens is 2. The van der Waals surface area contributed by atoms with Crippen molar-refractivity contribution in [2.45, 2.75) is 25.0 Å². The van der Waals surface area contributed by atoms with Crippen molar-refractivity contribution in [3.05, 3.63) is 59.3 Å². The van der Waals surface area contributed by atoms with Gasteiger partial charge in [0.2, 0.25) is 0 Å². The Balaban J connectivity index is 1.65. The average Bonchev–Trinajstić information content (AvgIpc) is 3.53. The predicted octanol–water partition coefficient (Wildman–Crippen LogP) is 3.52. The Morgan fingerprint density at radius 3 is 2.72 bits per heavy atom. The quantitative estimate of drug-likeness (QED) is 0.615. The summed E-state index contributed by atoms with van der Waals surface area (Å²) in [7, 11) is 3.17. The number of fused-ring (bicyclic) bond motifs is 1. The van der Waals surface area contributed by atoms with E-state index >= 15 is 0 Å². The van der Waals surface area contributed by atoms with Crippen LogP contribution in [0.2, 0.25) is 0 Å². The smallest absolute Gasteiger partial charge is 0.273 e. The zero-order valence-electron chi connectivity index (χ0n) is 18.0. The third-order valence-corrected chi connectivity index (χ3v) is 6.17. The van der Waals surface area contributed by atoms with E-state index in [1.165, 1.54) is 0 Å². The topological polar surface area (TPSA) is 96.9 Å². The number of ether oxygens (including phenoxy) is 3. The monoisotopic (exact) mass is 435 g/mol. The minimum atomic E-state index is -0.408. The number of aromatic amines is 1. The molecular weight excluding hydrogens is 410 g/mol. The van der Waals surface area contributed by atoms with Crippen molar-refractivity contribution >= 4 is 5.91 Å². The van der Waals surface area contributed by atoms with Crippen molar-refractivity contribution in [3.63, 3.8) is 0 Å². The van der Waals surface area contributed by atoms with E-state index < -0.39 is 6.04 Å². The molecule has 8 heteroatoms. The van der Waals surface area contributed by atoms with Crippen LogP contribution in [0.5, 0.6) is 17.2 Å².